The third kappa shape index (κ3) is 2.67. The number of ketones is 1. The third-order valence-corrected chi connectivity index (χ3v) is 5.06. The van der Waals surface area contributed by atoms with E-state index in [1.165, 1.54) is 7.11 Å². The van der Waals surface area contributed by atoms with E-state index in [9.17, 15) is 9.59 Å². The van der Waals surface area contributed by atoms with E-state index in [0.717, 1.165) is 0 Å². The van der Waals surface area contributed by atoms with Gasteiger partial charge in [0.05, 0.1) is 18.4 Å². The Kier molecular flexibility index (Phi) is 3.87. The van der Waals surface area contributed by atoms with Crippen LogP contribution in [-0.2, 0) is 4.79 Å². The first-order valence-electron chi connectivity index (χ1n) is 7.83. The summed E-state index contributed by atoms with van der Waals surface area (Å²) in [6, 6.07) is 4.99. The van der Waals surface area contributed by atoms with Gasteiger partial charge in [-0.3, -0.25) is 9.59 Å². The Morgan fingerprint density at radius 3 is 2.58 bits per heavy atom. The number of rotatable bonds is 2. The molecule has 1 aromatic carbocycles. The molecule has 1 heterocycles. The van der Waals surface area contributed by atoms with Crippen LogP contribution in [0.25, 0.3) is 0 Å². The molecule has 2 N–H and O–H groups in total. The minimum Gasteiger partial charge on any atom is -0.496 e. The quantitative estimate of drug-likeness (QED) is 0.891. The number of hydrogen-bond acceptors (Lipinski definition) is 4. The van der Waals surface area contributed by atoms with Crippen LogP contribution in [0.4, 0.5) is 0 Å². The number of benzene rings is 1. The van der Waals surface area contributed by atoms with Gasteiger partial charge in [0.2, 0.25) is 0 Å². The Labute approximate surface area is 146 Å². The first-order valence-corrected chi connectivity index (χ1v) is 8.21. The average Bonchev–Trinajstić information content (AvgIpc) is 2.49. The minimum atomic E-state index is -0.498. The summed E-state index contributed by atoms with van der Waals surface area (Å²) in [5.74, 6) is 0.357. The normalized spacial score (nSPS) is 21.2. The summed E-state index contributed by atoms with van der Waals surface area (Å²) in [7, 11) is 1.52. The molecule has 0 unspecified atom stereocenters. The van der Waals surface area contributed by atoms with Crippen molar-refractivity contribution in [1.82, 2.24) is 4.90 Å². The van der Waals surface area contributed by atoms with Crippen LogP contribution in [0.5, 0.6) is 5.75 Å². The number of Topliss-reactive ketones (excluding diaryl/α,β-unsaturated/α-hetero) is 1. The van der Waals surface area contributed by atoms with Crippen molar-refractivity contribution in [2.45, 2.75) is 20.3 Å². The van der Waals surface area contributed by atoms with Crippen LogP contribution in [0.3, 0.4) is 0 Å². The maximum absolute atomic E-state index is 12.8. The zero-order valence-corrected chi connectivity index (χ0v) is 14.8. The summed E-state index contributed by atoms with van der Waals surface area (Å²) in [6.07, 6.45) is 2.52. The summed E-state index contributed by atoms with van der Waals surface area (Å²) < 4.78 is 5.26. The van der Waals surface area contributed by atoms with E-state index in [1.807, 2.05) is 19.9 Å². The molecule has 2 aliphatic rings. The van der Waals surface area contributed by atoms with E-state index in [-0.39, 0.29) is 17.1 Å². The molecular weight excluding hydrogens is 328 g/mol. The van der Waals surface area contributed by atoms with Crippen LogP contribution in [0.1, 0.15) is 30.6 Å². The predicted octanol–water partition coefficient (Wildman–Crippen LogP) is 2.63. The molecule has 1 amide bonds. The summed E-state index contributed by atoms with van der Waals surface area (Å²) in [4.78, 5) is 26.6. The van der Waals surface area contributed by atoms with E-state index >= 15 is 0 Å². The maximum atomic E-state index is 12.8. The summed E-state index contributed by atoms with van der Waals surface area (Å²) in [6.45, 7) is 4.89. The number of carbonyl (C=O) groups excluding carboxylic acids is 2. The highest BCUT2D eigenvalue weighted by Gasteiger charge is 2.52. The monoisotopic (exact) mass is 348 g/mol. The number of allylic oxidation sites excluding steroid dienone is 1. The van der Waals surface area contributed by atoms with Gasteiger partial charge in [-0.2, -0.15) is 0 Å². The molecule has 3 rings (SSSR count). The first-order chi connectivity index (χ1) is 11.2. The number of nitrogens with zero attached hydrogens (tertiary/aromatic N) is 1. The molecule has 6 heteroatoms. The molecule has 128 valence electrons. The molecule has 0 radical (unpaired) electrons. The largest absolute Gasteiger partial charge is 0.496 e. The van der Waals surface area contributed by atoms with Gasteiger partial charge in [-0.1, -0.05) is 25.4 Å². The highest BCUT2D eigenvalue weighted by molar-refractivity contribution is 6.31. The highest BCUT2D eigenvalue weighted by atomic mass is 35.5. The van der Waals surface area contributed by atoms with E-state index < -0.39 is 5.41 Å². The fraction of sp³-hybridized carbons (Fsp3) is 0.444. The van der Waals surface area contributed by atoms with Crippen molar-refractivity contribution in [1.29, 1.82) is 0 Å². The second-order valence-corrected chi connectivity index (χ2v) is 7.79. The van der Waals surface area contributed by atoms with Gasteiger partial charge in [0, 0.05) is 28.9 Å². The van der Waals surface area contributed by atoms with Crippen LogP contribution in [-0.4, -0.2) is 36.8 Å². The van der Waals surface area contributed by atoms with Gasteiger partial charge < -0.3 is 15.4 Å². The Morgan fingerprint density at radius 2 is 2.00 bits per heavy atom. The van der Waals surface area contributed by atoms with Gasteiger partial charge in [-0.05, 0) is 30.7 Å². The third-order valence-electron chi connectivity index (χ3n) is 4.82. The van der Waals surface area contributed by atoms with Crippen molar-refractivity contribution in [3.63, 3.8) is 0 Å². The Hall–Kier alpha value is -2.01. The van der Waals surface area contributed by atoms with Crippen LogP contribution in [0.2, 0.25) is 5.02 Å². The molecule has 0 aromatic heterocycles. The van der Waals surface area contributed by atoms with Crippen molar-refractivity contribution in [3.05, 3.63) is 40.6 Å². The number of nitrogens with two attached hydrogens (primary N) is 1. The minimum absolute atomic E-state index is 0.0191. The topological polar surface area (TPSA) is 72.6 Å². The Morgan fingerprint density at radius 1 is 1.33 bits per heavy atom. The summed E-state index contributed by atoms with van der Waals surface area (Å²) >= 11 is 6.01. The van der Waals surface area contributed by atoms with Gasteiger partial charge in [0.15, 0.2) is 5.78 Å². The van der Waals surface area contributed by atoms with E-state index in [1.54, 1.807) is 23.1 Å². The number of methoxy groups -OCH3 is 1. The number of amides is 1. The van der Waals surface area contributed by atoms with Crippen molar-refractivity contribution in [2.75, 3.05) is 20.2 Å². The zero-order chi connectivity index (χ0) is 17.7. The predicted molar refractivity (Wildman–Crippen MR) is 92.0 cm³/mol. The summed E-state index contributed by atoms with van der Waals surface area (Å²) in [5.41, 5.74) is 5.94. The van der Waals surface area contributed by atoms with Gasteiger partial charge in [-0.25, -0.2) is 0 Å². The number of ether oxygens (including phenoxy) is 1. The lowest BCUT2D eigenvalue weighted by Gasteiger charge is -2.53. The fourth-order valence-electron chi connectivity index (χ4n) is 3.88. The molecule has 24 heavy (non-hydrogen) atoms. The molecule has 0 bridgehead atoms. The molecule has 1 spiro atoms. The van der Waals surface area contributed by atoms with Crippen LogP contribution < -0.4 is 10.5 Å². The highest BCUT2D eigenvalue weighted by Crippen LogP contribution is 2.47. The van der Waals surface area contributed by atoms with E-state index in [0.29, 0.717) is 41.5 Å². The lowest BCUT2D eigenvalue weighted by molar-refractivity contribution is -0.127. The molecule has 1 aromatic rings. The average molecular weight is 349 g/mol. The van der Waals surface area contributed by atoms with Crippen molar-refractivity contribution in [2.24, 2.45) is 16.6 Å². The van der Waals surface area contributed by atoms with Crippen molar-refractivity contribution in [3.8, 4) is 5.75 Å². The number of carbonyl (C=O) groups is 2. The molecule has 1 fully saturated rings. The molecule has 0 atom stereocenters. The number of halogens is 1. The molecule has 0 saturated carbocycles. The number of hydrogen-bond donors (Lipinski definition) is 1. The van der Waals surface area contributed by atoms with Crippen molar-refractivity contribution < 1.29 is 14.3 Å². The van der Waals surface area contributed by atoms with Crippen molar-refractivity contribution >= 4 is 23.3 Å². The van der Waals surface area contributed by atoms with E-state index in [2.05, 4.69) is 0 Å². The molecule has 1 saturated heterocycles. The van der Waals surface area contributed by atoms with Crippen LogP contribution >= 0.6 is 11.6 Å². The Bertz CT molecular complexity index is 749. The van der Waals surface area contributed by atoms with Gasteiger partial charge in [0.25, 0.3) is 5.91 Å². The smallest absolute Gasteiger partial charge is 0.257 e. The first kappa shape index (κ1) is 16.8. The molecule has 1 aliphatic carbocycles. The van der Waals surface area contributed by atoms with Crippen LogP contribution in [0.15, 0.2) is 30.0 Å². The number of likely N-dealkylation sites (tertiary alicyclic amines) is 1. The fourth-order valence-corrected chi connectivity index (χ4v) is 4.05. The molecular formula is C18H21ClN2O3. The zero-order valence-electron chi connectivity index (χ0n) is 14.1. The second-order valence-electron chi connectivity index (χ2n) is 7.36. The second kappa shape index (κ2) is 5.52. The van der Waals surface area contributed by atoms with Gasteiger partial charge in [-0.15, -0.1) is 0 Å². The lowest BCUT2D eigenvalue weighted by atomic mass is 9.62. The van der Waals surface area contributed by atoms with Crippen LogP contribution in [0, 0.1) is 10.8 Å². The van der Waals surface area contributed by atoms with Gasteiger partial charge >= 0.3 is 0 Å². The molecule has 1 aliphatic heterocycles. The maximum Gasteiger partial charge on any atom is 0.257 e. The van der Waals surface area contributed by atoms with E-state index in [4.69, 9.17) is 22.1 Å². The molecule has 5 nitrogen and oxygen atoms in total. The SMILES string of the molecule is COc1ccc(Cl)cc1C(=O)N1CC2(C=C(N)C(=O)C(C)(C)C2)C1. The summed E-state index contributed by atoms with van der Waals surface area (Å²) in [5, 5.41) is 0.489. The standard InChI is InChI=1S/C18H21ClN2O3/c1-17(2)8-18(7-13(20)15(17)22)9-21(10-18)16(23)12-6-11(19)4-5-14(12)24-3/h4-7H,8-10,20H2,1-3H3. The van der Waals surface area contributed by atoms with Gasteiger partial charge in [0.1, 0.15) is 5.75 Å². The lowest BCUT2D eigenvalue weighted by Crippen LogP contribution is -2.61. The Balaban J connectivity index is 1.81.